The van der Waals surface area contributed by atoms with Crippen molar-refractivity contribution in [1.29, 1.82) is 0 Å². The van der Waals surface area contributed by atoms with Gasteiger partial charge >= 0.3 is 0 Å². The quantitative estimate of drug-likeness (QED) is 0.843. The summed E-state index contributed by atoms with van der Waals surface area (Å²) in [5, 5.41) is 6.53. The molecule has 0 bridgehead atoms. The Morgan fingerprint density at radius 2 is 2.14 bits per heavy atom. The second kappa shape index (κ2) is 7.46. The fraction of sp³-hybridized carbons (Fsp3) is 0.588. The first-order valence-electron chi connectivity index (χ1n) is 7.87. The number of hydrogen-bond donors (Lipinski definition) is 2. The topological polar surface area (TPSA) is 44.4 Å². The minimum atomic E-state index is 0.0636. The average molecular weight is 289 g/mol. The zero-order chi connectivity index (χ0) is 15.2. The minimum Gasteiger partial charge on any atom is -0.369 e. The van der Waals surface area contributed by atoms with Crippen LogP contribution in [0.4, 0.5) is 5.69 Å². The third-order valence-corrected chi connectivity index (χ3v) is 3.80. The van der Waals surface area contributed by atoms with Crippen molar-refractivity contribution in [3.63, 3.8) is 0 Å². The Balaban J connectivity index is 1.98. The van der Waals surface area contributed by atoms with E-state index in [4.69, 9.17) is 0 Å². The van der Waals surface area contributed by atoms with Crippen LogP contribution in [0, 0.1) is 5.92 Å². The molecule has 1 heterocycles. The van der Waals surface area contributed by atoms with Crippen LogP contribution in [0.25, 0.3) is 0 Å². The van der Waals surface area contributed by atoms with Crippen LogP contribution in [-0.2, 0) is 11.3 Å². The Morgan fingerprint density at radius 3 is 2.86 bits per heavy atom. The molecule has 1 aromatic rings. The number of anilines is 1. The molecule has 1 aromatic carbocycles. The molecule has 0 aliphatic carbocycles. The lowest BCUT2D eigenvalue weighted by atomic mass is 10.1. The van der Waals surface area contributed by atoms with Gasteiger partial charge in [-0.2, -0.15) is 0 Å². The molecule has 0 radical (unpaired) electrons. The van der Waals surface area contributed by atoms with Crippen molar-refractivity contribution in [2.45, 2.75) is 39.8 Å². The van der Waals surface area contributed by atoms with E-state index in [0.29, 0.717) is 5.92 Å². The van der Waals surface area contributed by atoms with Gasteiger partial charge in [-0.3, -0.25) is 4.79 Å². The number of amides is 1. The number of nitrogens with zero attached hydrogens (tertiary/aromatic N) is 1. The molecule has 116 valence electrons. The molecule has 21 heavy (non-hydrogen) atoms. The molecule has 1 aliphatic rings. The van der Waals surface area contributed by atoms with Gasteiger partial charge in [0.15, 0.2) is 0 Å². The number of carbonyl (C=O) groups is 1. The van der Waals surface area contributed by atoms with Crippen LogP contribution in [0.5, 0.6) is 0 Å². The lowest BCUT2D eigenvalue weighted by Gasteiger charge is -2.22. The summed E-state index contributed by atoms with van der Waals surface area (Å²) in [6.45, 7) is 9.87. The zero-order valence-electron chi connectivity index (χ0n) is 13.4. The molecule has 0 aromatic heterocycles. The highest BCUT2D eigenvalue weighted by Crippen LogP contribution is 2.24. The van der Waals surface area contributed by atoms with Gasteiger partial charge in [0, 0.05) is 38.3 Å². The van der Waals surface area contributed by atoms with Gasteiger partial charge in [-0.15, -0.1) is 0 Å². The van der Waals surface area contributed by atoms with E-state index in [1.165, 1.54) is 11.3 Å². The van der Waals surface area contributed by atoms with Gasteiger partial charge in [-0.25, -0.2) is 0 Å². The molecule has 4 nitrogen and oxygen atoms in total. The molecule has 1 fully saturated rings. The van der Waals surface area contributed by atoms with Gasteiger partial charge in [-0.1, -0.05) is 32.0 Å². The number of nitrogens with one attached hydrogen (secondary N) is 2. The smallest absolute Gasteiger partial charge is 0.217 e. The van der Waals surface area contributed by atoms with Crippen molar-refractivity contribution < 1.29 is 4.79 Å². The normalized spacial score (nSPS) is 18.3. The number of rotatable bonds is 6. The highest BCUT2D eigenvalue weighted by Gasteiger charge is 2.24. The van der Waals surface area contributed by atoms with Crippen molar-refractivity contribution in [1.82, 2.24) is 10.6 Å². The third-order valence-electron chi connectivity index (χ3n) is 3.80. The van der Waals surface area contributed by atoms with Crippen molar-refractivity contribution in [3.8, 4) is 0 Å². The maximum absolute atomic E-state index is 11.2. The van der Waals surface area contributed by atoms with Gasteiger partial charge in [-0.05, 0) is 30.5 Å². The van der Waals surface area contributed by atoms with E-state index < -0.39 is 0 Å². The summed E-state index contributed by atoms with van der Waals surface area (Å²) < 4.78 is 0. The van der Waals surface area contributed by atoms with E-state index in [9.17, 15) is 4.79 Å². The van der Waals surface area contributed by atoms with Crippen LogP contribution < -0.4 is 15.5 Å². The van der Waals surface area contributed by atoms with E-state index in [0.717, 1.165) is 32.6 Å². The van der Waals surface area contributed by atoms with Gasteiger partial charge < -0.3 is 15.5 Å². The summed E-state index contributed by atoms with van der Waals surface area (Å²) in [6, 6.07) is 8.83. The lowest BCUT2D eigenvalue weighted by molar-refractivity contribution is -0.119. The molecule has 4 heteroatoms. The number of hydrogen-bond acceptors (Lipinski definition) is 3. The molecule has 1 atom stereocenters. The molecule has 1 amide bonds. The van der Waals surface area contributed by atoms with E-state index in [1.54, 1.807) is 6.92 Å². The Labute approximate surface area is 127 Å². The summed E-state index contributed by atoms with van der Waals surface area (Å²) in [5.74, 6) is 0.724. The second-order valence-corrected chi connectivity index (χ2v) is 6.29. The number of carbonyl (C=O) groups excluding carboxylic acids is 1. The molecule has 0 spiro atoms. The largest absolute Gasteiger partial charge is 0.369 e. The van der Waals surface area contributed by atoms with Crippen LogP contribution in [0.2, 0.25) is 0 Å². The van der Waals surface area contributed by atoms with Crippen LogP contribution in [0.3, 0.4) is 0 Å². The monoisotopic (exact) mass is 289 g/mol. The van der Waals surface area contributed by atoms with Crippen LogP contribution in [0.15, 0.2) is 24.3 Å². The third kappa shape index (κ3) is 4.74. The Bertz CT molecular complexity index is 473. The highest BCUT2D eigenvalue weighted by atomic mass is 16.1. The molecule has 1 unspecified atom stereocenters. The van der Waals surface area contributed by atoms with E-state index in [1.807, 2.05) is 0 Å². The summed E-state index contributed by atoms with van der Waals surface area (Å²) >= 11 is 0. The summed E-state index contributed by atoms with van der Waals surface area (Å²) in [4.78, 5) is 13.6. The Kier molecular flexibility index (Phi) is 5.62. The molecule has 2 N–H and O–H groups in total. The molecular weight excluding hydrogens is 262 g/mol. The van der Waals surface area contributed by atoms with Crippen LogP contribution >= 0.6 is 0 Å². The Morgan fingerprint density at radius 1 is 1.38 bits per heavy atom. The second-order valence-electron chi connectivity index (χ2n) is 6.29. The minimum absolute atomic E-state index is 0.0636. The SMILES string of the molecule is CC(=O)NC1CCN(c2ccccc2CNCC(C)C)C1. The fourth-order valence-electron chi connectivity index (χ4n) is 2.85. The van der Waals surface area contributed by atoms with E-state index in [2.05, 4.69) is 53.6 Å². The standard InChI is InChI=1S/C17H27N3O/c1-13(2)10-18-11-15-6-4-5-7-17(15)20-9-8-16(12-20)19-14(3)21/h4-7,13,16,18H,8-12H2,1-3H3,(H,19,21). The first-order chi connectivity index (χ1) is 10.1. The predicted molar refractivity (Wildman–Crippen MR) is 87.4 cm³/mol. The van der Waals surface area contributed by atoms with Crippen LogP contribution in [0.1, 0.15) is 32.8 Å². The molecular formula is C17H27N3O. The summed E-state index contributed by atoms with van der Waals surface area (Å²) in [6.07, 6.45) is 1.02. The number of benzene rings is 1. The zero-order valence-corrected chi connectivity index (χ0v) is 13.4. The first-order valence-corrected chi connectivity index (χ1v) is 7.87. The molecule has 1 saturated heterocycles. The maximum Gasteiger partial charge on any atom is 0.217 e. The van der Waals surface area contributed by atoms with Crippen LogP contribution in [-0.4, -0.2) is 31.6 Å². The predicted octanol–water partition coefficient (Wildman–Crippen LogP) is 2.15. The molecule has 2 rings (SSSR count). The van der Waals surface area contributed by atoms with Gasteiger partial charge in [0.05, 0.1) is 0 Å². The number of para-hydroxylation sites is 1. The molecule has 1 aliphatic heterocycles. The lowest BCUT2D eigenvalue weighted by Crippen LogP contribution is -2.35. The van der Waals surface area contributed by atoms with Gasteiger partial charge in [0.1, 0.15) is 0 Å². The Hall–Kier alpha value is -1.55. The van der Waals surface area contributed by atoms with Gasteiger partial charge in [0.2, 0.25) is 5.91 Å². The average Bonchev–Trinajstić information content (AvgIpc) is 2.86. The maximum atomic E-state index is 11.2. The van der Waals surface area contributed by atoms with Crippen molar-refractivity contribution in [3.05, 3.63) is 29.8 Å². The van der Waals surface area contributed by atoms with Gasteiger partial charge in [0.25, 0.3) is 0 Å². The van der Waals surface area contributed by atoms with Crippen molar-refractivity contribution >= 4 is 11.6 Å². The van der Waals surface area contributed by atoms with Crippen molar-refractivity contribution in [2.75, 3.05) is 24.5 Å². The van der Waals surface area contributed by atoms with Crippen molar-refractivity contribution in [2.24, 2.45) is 5.92 Å². The van der Waals surface area contributed by atoms with E-state index in [-0.39, 0.29) is 11.9 Å². The fourth-order valence-corrected chi connectivity index (χ4v) is 2.85. The first kappa shape index (κ1) is 15.8. The summed E-state index contributed by atoms with van der Waals surface area (Å²) in [7, 11) is 0. The molecule has 0 saturated carbocycles. The highest BCUT2D eigenvalue weighted by molar-refractivity contribution is 5.73. The summed E-state index contributed by atoms with van der Waals surface area (Å²) in [5.41, 5.74) is 2.63. The van der Waals surface area contributed by atoms with E-state index >= 15 is 0 Å².